The van der Waals surface area contributed by atoms with Crippen molar-refractivity contribution in [2.45, 2.75) is 26.2 Å². The number of carbonyl (C=O) groups is 1. The van der Waals surface area contributed by atoms with Crippen LogP contribution < -0.4 is 20.3 Å². The van der Waals surface area contributed by atoms with Crippen LogP contribution in [0.1, 0.15) is 31.9 Å². The van der Waals surface area contributed by atoms with Crippen molar-refractivity contribution < 1.29 is 14.3 Å². The molecule has 5 nitrogen and oxygen atoms in total. The summed E-state index contributed by atoms with van der Waals surface area (Å²) in [7, 11) is 1.59. The number of benzene rings is 2. The van der Waals surface area contributed by atoms with Crippen LogP contribution in [0.3, 0.4) is 0 Å². The highest BCUT2D eigenvalue weighted by molar-refractivity contribution is 5.79. The molecule has 2 rings (SSSR count). The van der Waals surface area contributed by atoms with Gasteiger partial charge in [0.15, 0.2) is 6.61 Å². The van der Waals surface area contributed by atoms with E-state index >= 15 is 0 Å². The van der Waals surface area contributed by atoms with Gasteiger partial charge in [0.05, 0.1) is 12.8 Å². The van der Waals surface area contributed by atoms with E-state index in [2.05, 4.69) is 38.2 Å². The molecule has 0 saturated carbocycles. The van der Waals surface area contributed by atoms with E-state index in [-0.39, 0.29) is 17.9 Å². The average Bonchev–Trinajstić information content (AvgIpc) is 2.64. The minimum atomic E-state index is -0.305. The normalized spacial score (nSPS) is 10.8. The lowest BCUT2D eigenvalue weighted by Gasteiger charge is -2.19. The monoisotopic (exact) mass is 354 g/mol. The van der Waals surface area contributed by atoms with Crippen LogP contribution in [-0.2, 0) is 10.2 Å². The van der Waals surface area contributed by atoms with Crippen LogP contribution in [0.5, 0.6) is 11.5 Å². The van der Waals surface area contributed by atoms with Crippen LogP contribution in [0, 0.1) is 0 Å². The largest absolute Gasteiger partial charge is 0.496 e. The summed E-state index contributed by atoms with van der Waals surface area (Å²) in [5.74, 6) is 1.02. The Morgan fingerprint density at radius 1 is 1.04 bits per heavy atom. The third-order valence-electron chi connectivity index (χ3n) is 3.88. The number of amides is 1. The lowest BCUT2D eigenvalue weighted by atomic mass is 9.87. The zero-order chi connectivity index (χ0) is 19.2. The van der Waals surface area contributed by atoms with Gasteiger partial charge in [0, 0.05) is 5.56 Å². The summed E-state index contributed by atoms with van der Waals surface area (Å²) in [6, 6.07) is 15.2. The van der Waals surface area contributed by atoms with E-state index in [1.165, 1.54) is 5.56 Å². The first-order chi connectivity index (χ1) is 12.3. The molecule has 5 heteroatoms. The number of para-hydroxylation sites is 1. The van der Waals surface area contributed by atoms with Crippen molar-refractivity contribution >= 4 is 11.6 Å². The van der Waals surface area contributed by atoms with Gasteiger partial charge in [-0.2, -0.15) is 0 Å². The topological polar surface area (TPSA) is 59.6 Å². The third-order valence-corrected chi connectivity index (χ3v) is 3.88. The van der Waals surface area contributed by atoms with Gasteiger partial charge in [-0.25, -0.2) is 0 Å². The molecule has 0 atom stereocenters. The molecule has 0 radical (unpaired) electrons. The van der Waals surface area contributed by atoms with E-state index in [4.69, 9.17) is 9.47 Å². The Kier molecular flexibility index (Phi) is 6.28. The number of hydrogen-bond acceptors (Lipinski definition) is 4. The van der Waals surface area contributed by atoms with Crippen LogP contribution in [0.15, 0.2) is 55.1 Å². The van der Waals surface area contributed by atoms with Gasteiger partial charge in [-0.3, -0.25) is 15.6 Å². The highest BCUT2D eigenvalue weighted by Gasteiger charge is 2.13. The SMILES string of the molecule is C=C(NNC(=O)COc1ccc(C(C)(C)C)cc1)c1ccccc1OC. The fourth-order valence-electron chi connectivity index (χ4n) is 2.34. The molecule has 0 aromatic heterocycles. The van der Waals surface area contributed by atoms with Gasteiger partial charge in [0.25, 0.3) is 5.91 Å². The lowest BCUT2D eigenvalue weighted by Crippen LogP contribution is -2.39. The highest BCUT2D eigenvalue weighted by atomic mass is 16.5. The van der Waals surface area contributed by atoms with Crippen molar-refractivity contribution in [3.05, 3.63) is 66.2 Å². The molecule has 2 aromatic carbocycles. The van der Waals surface area contributed by atoms with E-state index in [1.807, 2.05) is 48.5 Å². The number of methoxy groups -OCH3 is 1. The second-order valence-electron chi connectivity index (χ2n) is 6.92. The molecule has 0 spiro atoms. The first-order valence-electron chi connectivity index (χ1n) is 8.42. The molecule has 1 amide bonds. The molecule has 0 saturated heterocycles. The summed E-state index contributed by atoms with van der Waals surface area (Å²) in [4.78, 5) is 12.0. The molecule has 0 fully saturated rings. The summed E-state index contributed by atoms with van der Waals surface area (Å²) >= 11 is 0. The van der Waals surface area contributed by atoms with E-state index < -0.39 is 0 Å². The number of hydrogen-bond donors (Lipinski definition) is 2. The quantitative estimate of drug-likeness (QED) is 0.745. The Labute approximate surface area is 155 Å². The molecule has 26 heavy (non-hydrogen) atoms. The van der Waals surface area contributed by atoms with Crippen molar-refractivity contribution in [2.75, 3.05) is 13.7 Å². The average molecular weight is 354 g/mol. The third kappa shape index (κ3) is 5.28. The van der Waals surface area contributed by atoms with E-state index in [1.54, 1.807) is 7.11 Å². The number of hydrazine groups is 1. The summed E-state index contributed by atoms with van der Waals surface area (Å²) in [6.45, 7) is 10.3. The molecule has 0 aliphatic rings. The predicted molar refractivity (Wildman–Crippen MR) is 104 cm³/mol. The van der Waals surface area contributed by atoms with Gasteiger partial charge < -0.3 is 9.47 Å². The van der Waals surface area contributed by atoms with Gasteiger partial charge in [-0.15, -0.1) is 0 Å². The highest BCUT2D eigenvalue weighted by Crippen LogP contribution is 2.24. The Morgan fingerprint density at radius 3 is 2.31 bits per heavy atom. The van der Waals surface area contributed by atoms with Crippen LogP contribution in [-0.4, -0.2) is 19.6 Å². The predicted octanol–water partition coefficient (Wildman–Crippen LogP) is 3.66. The molecule has 2 N–H and O–H groups in total. The molecule has 0 aliphatic heterocycles. The van der Waals surface area contributed by atoms with E-state index in [9.17, 15) is 4.79 Å². The Bertz CT molecular complexity index is 762. The maximum absolute atomic E-state index is 12.0. The standard InChI is InChI=1S/C21H26N2O3/c1-15(18-8-6-7-9-19(18)25-5)22-23-20(24)14-26-17-12-10-16(11-13-17)21(2,3)4/h6-13,22H,1,14H2,2-5H3,(H,23,24). The summed E-state index contributed by atoms with van der Waals surface area (Å²) < 4.78 is 10.8. The first-order valence-corrected chi connectivity index (χ1v) is 8.42. The van der Waals surface area contributed by atoms with Crippen LogP contribution in [0.2, 0.25) is 0 Å². The fraction of sp³-hybridized carbons (Fsp3) is 0.286. The van der Waals surface area contributed by atoms with Crippen molar-refractivity contribution in [2.24, 2.45) is 0 Å². The van der Waals surface area contributed by atoms with Gasteiger partial charge in [0.1, 0.15) is 11.5 Å². The number of carbonyl (C=O) groups excluding carboxylic acids is 1. The zero-order valence-electron chi connectivity index (χ0n) is 15.8. The zero-order valence-corrected chi connectivity index (χ0v) is 15.8. The molecule has 0 unspecified atom stereocenters. The van der Waals surface area contributed by atoms with Gasteiger partial charge in [-0.05, 0) is 35.2 Å². The second kappa shape index (κ2) is 8.43. The second-order valence-corrected chi connectivity index (χ2v) is 6.92. The fourth-order valence-corrected chi connectivity index (χ4v) is 2.34. The first kappa shape index (κ1) is 19.4. The molecule has 0 aliphatic carbocycles. The molecular formula is C21H26N2O3. The molecule has 0 heterocycles. The summed E-state index contributed by atoms with van der Waals surface area (Å²) in [5.41, 5.74) is 7.95. The minimum Gasteiger partial charge on any atom is -0.496 e. The van der Waals surface area contributed by atoms with Crippen molar-refractivity contribution in [3.63, 3.8) is 0 Å². The lowest BCUT2D eigenvalue weighted by molar-refractivity contribution is -0.123. The molecular weight excluding hydrogens is 328 g/mol. The van der Waals surface area contributed by atoms with Crippen LogP contribution >= 0.6 is 0 Å². The van der Waals surface area contributed by atoms with E-state index in [0.717, 1.165) is 5.56 Å². The molecule has 138 valence electrons. The van der Waals surface area contributed by atoms with Gasteiger partial charge in [0.2, 0.25) is 0 Å². The van der Waals surface area contributed by atoms with Crippen LogP contribution in [0.25, 0.3) is 5.70 Å². The number of nitrogens with one attached hydrogen (secondary N) is 2. The maximum Gasteiger partial charge on any atom is 0.276 e. The molecule has 0 bridgehead atoms. The van der Waals surface area contributed by atoms with Crippen molar-refractivity contribution in [1.82, 2.24) is 10.9 Å². The van der Waals surface area contributed by atoms with E-state index in [0.29, 0.717) is 17.2 Å². The Balaban J connectivity index is 1.83. The number of rotatable bonds is 7. The Morgan fingerprint density at radius 2 is 1.69 bits per heavy atom. The van der Waals surface area contributed by atoms with Crippen molar-refractivity contribution in [1.29, 1.82) is 0 Å². The smallest absolute Gasteiger partial charge is 0.276 e. The van der Waals surface area contributed by atoms with Gasteiger partial charge in [-0.1, -0.05) is 51.6 Å². The van der Waals surface area contributed by atoms with Crippen LogP contribution in [0.4, 0.5) is 0 Å². The van der Waals surface area contributed by atoms with Gasteiger partial charge >= 0.3 is 0 Å². The molecule has 2 aromatic rings. The minimum absolute atomic E-state index is 0.0820. The van der Waals surface area contributed by atoms with Crippen molar-refractivity contribution in [3.8, 4) is 11.5 Å². The summed E-state index contributed by atoms with van der Waals surface area (Å²) in [6.07, 6.45) is 0. The number of ether oxygens (including phenoxy) is 2. The summed E-state index contributed by atoms with van der Waals surface area (Å²) in [5, 5.41) is 0. The maximum atomic E-state index is 12.0. The Hall–Kier alpha value is -2.95.